The van der Waals surface area contributed by atoms with Crippen LogP contribution < -0.4 is 4.74 Å². The van der Waals surface area contributed by atoms with Gasteiger partial charge in [-0.2, -0.15) is 26.3 Å². The predicted molar refractivity (Wildman–Crippen MR) is 80.5 cm³/mol. The predicted octanol–water partition coefficient (Wildman–Crippen LogP) is 3.08. The summed E-state index contributed by atoms with van der Waals surface area (Å²) in [7, 11) is -12.1. The van der Waals surface area contributed by atoms with E-state index in [2.05, 4.69) is 6.58 Å². The molecular formula is C13H12F6O5S2. The van der Waals surface area contributed by atoms with Gasteiger partial charge in [-0.25, -0.2) is 16.8 Å². The molecule has 0 amide bonds. The third-order valence-corrected chi connectivity index (χ3v) is 7.78. The van der Waals surface area contributed by atoms with Gasteiger partial charge in [0.05, 0.1) is 7.11 Å². The standard InChI is InChI=1S/C13H12F6O5S2/c1-3-9-6-8(4-5-10(9)24-2)7-11(25(20,21)12(14,15)16)26(22,23)13(17,18)19/h3-6,11H,1,7H2,2H3. The third kappa shape index (κ3) is 4.14. The Bertz CT molecular complexity index is 841. The molecular weight excluding hydrogens is 414 g/mol. The summed E-state index contributed by atoms with van der Waals surface area (Å²) in [5.41, 5.74) is -12.7. The highest BCUT2D eigenvalue weighted by molar-refractivity contribution is 8.09. The molecule has 1 rings (SSSR count). The van der Waals surface area contributed by atoms with Gasteiger partial charge in [0.2, 0.25) is 0 Å². The molecule has 0 aliphatic heterocycles. The maximum absolute atomic E-state index is 12.7. The van der Waals surface area contributed by atoms with Gasteiger partial charge in [-0.3, -0.25) is 0 Å². The minimum atomic E-state index is -6.68. The Kier molecular flexibility index (Phi) is 6.08. The third-order valence-electron chi connectivity index (χ3n) is 3.25. The van der Waals surface area contributed by atoms with Crippen molar-refractivity contribution in [1.82, 2.24) is 0 Å². The molecule has 0 heterocycles. The van der Waals surface area contributed by atoms with Gasteiger partial charge in [0.25, 0.3) is 19.7 Å². The van der Waals surface area contributed by atoms with Gasteiger partial charge in [0.15, 0.2) is 4.58 Å². The van der Waals surface area contributed by atoms with Crippen molar-refractivity contribution in [2.75, 3.05) is 7.11 Å². The van der Waals surface area contributed by atoms with Gasteiger partial charge >= 0.3 is 11.0 Å². The zero-order chi connectivity index (χ0) is 20.6. The van der Waals surface area contributed by atoms with E-state index in [1.165, 1.54) is 7.11 Å². The van der Waals surface area contributed by atoms with Crippen LogP contribution in [-0.2, 0) is 26.1 Å². The van der Waals surface area contributed by atoms with E-state index in [9.17, 15) is 43.2 Å². The Hall–Kier alpha value is -1.76. The highest BCUT2D eigenvalue weighted by atomic mass is 32.3. The molecule has 148 valence electrons. The molecule has 0 radical (unpaired) electrons. The molecule has 0 fully saturated rings. The minimum Gasteiger partial charge on any atom is -0.496 e. The first-order chi connectivity index (χ1) is 11.6. The molecule has 13 heteroatoms. The number of halogens is 6. The van der Waals surface area contributed by atoms with E-state index in [0.29, 0.717) is 0 Å². The minimum absolute atomic E-state index is 0.123. The molecule has 1 aromatic rings. The van der Waals surface area contributed by atoms with Crippen LogP contribution in [0.15, 0.2) is 24.8 Å². The van der Waals surface area contributed by atoms with Crippen molar-refractivity contribution >= 4 is 25.8 Å². The molecule has 0 bridgehead atoms. The van der Waals surface area contributed by atoms with Crippen molar-refractivity contribution in [2.45, 2.75) is 22.0 Å². The van der Waals surface area contributed by atoms with E-state index in [4.69, 9.17) is 4.74 Å². The summed E-state index contributed by atoms with van der Waals surface area (Å²) < 4.78 is 123. The van der Waals surface area contributed by atoms with E-state index < -0.39 is 47.3 Å². The average molecular weight is 426 g/mol. The SMILES string of the molecule is C=Cc1cc(CC(S(=O)(=O)C(F)(F)F)S(=O)(=O)C(F)(F)F)ccc1OC. The van der Waals surface area contributed by atoms with Gasteiger partial charge in [-0.15, -0.1) is 0 Å². The summed E-state index contributed by atoms with van der Waals surface area (Å²) in [6, 6.07) is 3.07. The topological polar surface area (TPSA) is 77.5 Å². The molecule has 0 spiro atoms. The fourth-order valence-corrected chi connectivity index (χ4v) is 5.36. The first-order valence-electron chi connectivity index (χ1n) is 6.49. The Morgan fingerprint density at radius 2 is 1.50 bits per heavy atom. The Morgan fingerprint density at radius 1 is 1.04 bits per heavy atom. The van der Waals surface area contributed by atoms with Crippen LogP contribution in [0, 0.1) is 0 Å². The number of sulfone groups is 2. The average Bonchev–Trinajstić information content (AvgIpc) is 2.49. The molecule has 0 saturated heterocycles. The smallest absolute Gasteiger partial charge is 0.496 e. The van der Waals surface area contributed by atoms with Crippen molar-refractivity contribution in [1.29, 1.82) is 0 Å². The molecule has 0 atom stereocenters. The van der Waals surface area contributed by atoms with Gasteiger partial charge in [-0.1, -0.05) is 18.7 Å². The van der Waals surface area contributed by atoms with Crippen LogP contribution >= 0.6 is 0 Å². The molecule has 0 unspecified atom stereocenters. The maximum atomic E-state index is 12.7. The number of benzene rings is 1. The first-order valence-corrected chi connectivity index (χ1v) is 9.58. The molecule has 26 heavy (non-hydrogen) atoms. The Balaban J connectivity index is 3.58. The summed E-state index contributed by atoms with van der Waals surface area (Å²) in [5, 5.41) is 0. The van der Waals surface area contributed by atoms with E-state index in [-0.39, 0.29) is 11.3 Å². The molecule has 5 nitrogen and oxygen atoms in total. The molecule has 0 N–H and O–H groups in total. The quantitative estimate of drug-likeness (QED) is 0.654. The van der Waals surface area contributed by atoms with Crippen LogP contribution in [0.2, 0.25) is 0 Å². The summed E-state index contributed by atoms with van der Waals surface area (Å²) in [5.74, 6) is 0.151. The van der Waals surface area contributed by atoms with Crippen LogP contribution in [0.5, 0.6) is 5.75 Å². The second-order valence-corrected chi connectivity index (χ2v) is 9.44. The lowest BCUT2D eigenvalue weighted by Gasteiger charge is -2.21. The number of hydrogen-bond donors (Lipinski definition) is 0. The largest absolute Gasteiger partial charge is 0.498 e. The van der Waals surface area contributed by atoms with Crippen LogP contribution in [0.25, 0.3) is 6.08 Å². The molecule has 1 aromatic carbocycles. The fraction of sp³-hybridized carbons (Fsp3) is 0.385. The van der Waals surface area contributed by atoms with Crippen molar-refractivity contribution in [2.24, 2.45) is 0 Å². The normalized spacial score (nSPS) is 13.7. The summed E-state index contributed by atoms with van der Waals surface area (Å²) >= 11 is 0. The number of rotatable bonds is 6. The summed E-state index contributed by atoms with van der Waals surface area (Å²) in [6.07, 6.45) is -0.414. The lowest BCUT2D eigenvalue weighted by atomic mass is 10.1. The van der Waals surface area contributed by atoms with Crippen LogP contribution in [0.4, 0.5) is 26.3 Å². The highest BCUT2D eigenvalue weighted by Gasteiger charge is 2.62. The van der Waals surface area contributed by atoms with Crippen molar-refractivity contribution in [3.05, 3.63) is 35.9 Å². The monoisotopic (exact) mass is 426 g/mol. The van der Waals surface area contributed by atoms with Gasteiger partial charge in [0, 0.05) is 12.0 Å². The van der Waals surface area contributed by atoms with Crippen molar-refractivity contribution < 1.29 is 47.9 Å². The fourth-order valence-electron chi connectivity index (χ4n) is 1.95. The first kappa shape index (κ1) is 22.3. The van der Waals surface area contributed by atoms with E-state index >= 15 is 0 Å². The number of hydrogen-bond acceptors (Lipinski definition) is 5. The van der Waals surface area contributed by atoms with Crippen LogP contribution in [-0.4, -0.2) is 39.5 Å². The van der Waals surface area contributed by atoms with Crippen LogP contribution in [0.1, 0.15) is 11.1 Å². The van der Waals surface area contributed by atoms with Crippen molar-refractivity contribution in [3.63, 3.8) is 0 Å². The summed E-state index contributed by atoms with van der Waals surface area (Å²) in [6.45, 7) is 3.36. The van der Waals surface area contributed by atoms with Crippen molar-refractivity contribution in [3.8, 4) is 5.75 Å². The van der Waals surface area contributed by atoms with Crippen LogP contribution in [0.3, 0.4) is 0 Å². The number of methoxy groups -OCH3 is 1. The Labute approximate surface area is 145 Å². The van der Waals surface area contributed by atoms with E-state index in [1.54, 1.807) is 0 Å². The molecule has 0 aliphatic rings. The van der Waals surface area contributed by atoms with Gasteiger partial charge < -0.3 is 4.74 Å². The second kappa shape index (κ2) is 7.10. The van der Waals surface area contributed by atoms with Gasteiger partial charge in [-0.05, 0) is 17.7 Å². The molecule has 0 aromatic heterocycles. The maximum Gasteiger partial charge on any atom is 0.498 e. The van der Waals surface area contributed by atoms with E-state index in [1.807, 2.05) is 0 Å². The van der Waals surface area contributed by atoms with Gasteiger partial charge in [0.1, 0.15) is 5.75 Å². The molecule has 0 aliphatic carbocycles. The van der Waals surface area contributed by atoms with E-state index in [0.717, 1.165) is 24.3 Å². The Morgan fingerprint density at radius 3 is 1.85 bits per heavy atom. The number of alkyl halides is 6. The number of ether oxygens (including phenoxy) is 1. The summed E-state index contributed by atoms with van der Waals surface area (Å²) in [4.78, 5) is 0. The second-order valence-electron chi connectivity index (χ2n) is 4.90. The lowest BCUT2D eigenvalue weighted by Crippen LogP contribution is -2.46. The zero-order valence-electron chi connectivity index (χ0n) is 12.9. The molecule has 0 saturated carbocycles. The lowest BCUT2D eigenvalue weighted by molar-refractivity contribution is -0.0471. The highest BCUT2D eigenvalue weighted by Crippen LogP contribution is 2.38. The zero-order valence-corrected chi connectivity index (χ0v) is 14.6.